The van der Waals surface area contributed by atoms with Crippen LogP contribution in [-0.4, -0.2) is 27.4 Å². The Morgan fingerprint density at radius 1 is 1.12 bits per heavy atom. The highest BCUT2D eigenvalue weighted by atomic mass is 32.2. The van der Waals surface area contributed by atoms with Crippen LogP contribution in [0, 0.1) is 10.1 Å². The second-order valence-corrected chi connectivity index (χ2v) is 7.43. The van der Waals surface area contributed by atoms with Crippen molar-refractivity contribution in [3.05, 3.63) is 75.8 Å². The second-order valence-electron chi connectivity index (χ2n) is 5.23. The smallest absolute Gasteiger partial charge is 0.269 e. The van der Waals surface area contributed by atoms with Gasteiger partial charge < -0.3 is 5.32 Å². The number of aromatic nitrogens is 2. The zero-order valence-corrected chi connectivity index (χ0v) is 15.1. The molecule has 1 heterocycles. The largest absolute Gasteiger partial charge is 0.353 e. The van der Waals surface area contributed by atoms with E-state index in [0.29, 0.717) is 10.7 Å². The molecule has 0 unspecified atom stereocenters. The van der Waals surface area contributed by atoms with E-state index in [9.17, 15) is 14.9 Å². The van der Waals surface area contributed by atoms with Crippen molar-refractivity contribution < 1.29 is 9.72 Å². The van der Waals surface area contributed by atoms with Crippen LogP contribution in [0.2, 0.25) is 0 Å². The third-order valence-electron chi connectivity index (χ3n) is 3.41. The van der Waals surface area contributed by atoms with Crippen LogP contribution < -0.4 is 5.32 Å². The Labute approximate surface area is 157 Å². The highest BCUT2D eigenvalue weighted by Gasteiger charge is 2.11. The molecule has 0 radical (unpaired) electrons. The molecule has 2 aromatic carbocycles. The van der Waals surface area contributed by atoms with Crippen LogP contribution in [-0.2, 0) is 5.75 Å². The van der Waals surface area contributed by atoms with Crippen molar-refractivity contribution in [3.8, 4) is 0 Å². The molecule has 0 fully saturated rings. The van der Waals surface area contributed by atoms with Gasteiger partial charge in [-0.05, 0) is 17.7 Å². The summed E-state index contributed by atoms with van der Waals surface area (Å²) < 4.78 is 0.819. The van der Waals surface area contributed by atoms with Gasteiger partial charge >= 0.3 is 0 Å². The number of thioether (sulfide) groups is 1. The summed E-state index contributed by atoms with van der Waals surface area (Å²) in [5, 5.41) is 22.3. The Bertz CT molecular complexity index is 898. The summed E-state index contributed by atoms with van der Waals surface area (Å²) in [6.07, 6.45) is 0. The minimum atomic E-state index is -0.498. The number of Topliss-reactive ketones (excluding diaryl/α,β-unsaturated/α-hetero) is 1. The lowest BCUT2D eigenvalue weighted by atomic mass is 10.1. The molecule has 3 rings (SSSR count). The molecule has 0 spiro atoms. The molecule has 0 bridgehead atoms. The quantitative estimate of drug-likeness (QED) is 0.270. The van der Waals surface area contributed by atoms with Crippen molar-refractivity contribution in [3.63, 3.8) is 0 Å². The minimum absolute atomic E-state index is 0.0429. The average Bonchev–Trinajstić information content (AvgIpc) is 3.13. The number of non-ortho nitro benzene ring substituents is 1. The van der Waals surface area contributed by atoms with Crippen LogP contribution in [0.25, 0.3) is 0 Å². The monoisotopic (exact) mass is 386 g/mol. The Balaban J connectivity index is 1.51. The van der Waals surface area contributed by atoms with E-state index in [2.05, 4.69) is 27.6 Å². The normalized spacial score (nSPS) is 10.5. The fourth-order valence-corrected chi connectivity index (χ4v) is 3.79. The molecule has 0 atom stereocenters. The van der Waals surface area contributed by atoms with Gasteiger partial charge in [0.05, 0.1) is 11.5 Å². The first-order valence-electron chi connectivity index (χ1n) is 7.63. The molecule has 26 heavy (non-hydrogen) atoms. The standard InChI is InChI=1S/C17H14N4O3S2/c22-15(13-6-8-14(9-7-13)21(23)24)10-18-16-19-20-17(26-16)25-11-12-4-2-1-3-5-12/h1-9H,10-11H2,(H,18,19). The molecule has 1 N–H and O–H groups in total. The topological polar surface area (TPSA) is 98.0 Å². The van der Waals surface area contributed by atoms with Crippen LogP contribution in [0.15, 0.2) is 58.9 Å². The van der Waals surface area contributed by atoms with Crippen LogP contribution >= 0.6 is 23.1 Å². The molecule has 0 aliphatic rings. The number of hydrogen-bond acceptors (Lipinski definition) is 8. The number of carbonyl (C=O) groups is 1. The number of nitro benzene ring substituents is 1. The van der Waals surface area contributed by atoms with E-state index in [1.165, 1.54) is 41.2 Å². The molecule has 0 saturated carbocycles. The fraction of sp³-hybridized carbons (Fsp3) is 0.118. The molecule has 1 aromatic heterocycles. The van der Waals surface area contributed by atoms with Gasteiger partial charge in [0.25, 0.3) is 5.69 Å². The number of rotatable bonds is 8. The molecule has 9 heteroatoms. The Kier molecular flexibility index (Phi) is 5.92. The van der Waals surface area contributed by atoms with E-state index in [0.717, 1.165) is 10.1 Å². The summed E-state index contributed by atoms with van der Waals surface area (Å²) in [6.45, 7) is 0.0514. The van der Waals surface area contributed by atoms with E-state index < -0.39 is 4.92 Å². The predicted molar refractivity (Wildman–Crippen MR) is 102 cm³/mol. The van der Waals surface area contributed by atoms with Gasteiger partial charge in [0.2, 0.25) is 5.13 Å². The van der Waals surface area contributed by atoms with Gasteiger partial charge in [-0.25, -0.2) is 0 Å². The average molecular weight is 386 g/mol. The maximum Gasteiger partial charge on any atom is 0.269 e. The molecule has 0 saturated heterocycles. The van der Waals surface area contributed by atoms with Crippen molar-refractivity contribution >= 4 is 39.7 Å². The van der Waals surface area contributed by atoms with Gasteiger partial charge in [-0.2, -0.15) is 0 Å². The highest BCUT2D eigenvalue weighted by Crippen LogP contribution is 2.28. The summed E-state index contributed by atoms with van der Waals surface area (Å²) in [5.41, 5.74) is 1.57. The van der Waals surface area contributed by atoms with Crippen molar-refractivity contribution in [2.45, 2.75) is 10.1 Å². The van der Waals surface area contributed by atoms with Gasteiger partial charge in [-0.1, -0.05) is 53.4 Å². The lowest BCUT2D eigenvalue weighted by Crippen LogP contribution is -2.13. The van der Waals surface area contributed by atoms with Gasteiger partial charge in [0.1, 0.15) is 0 Å². The summed E-state index contributed by atoms with van der Waals surface area (Å²) >= 11 is 2.97. The van der Waals surface area contributed by atoms with Crippen LogP contribution in [0.1, 0.15) is 15.9 Å². The molecule has 0 aliphatic carbocycles. The van der Waals surface area contributed by atoms with Gasteiger partial charge in [0.15, 0.2) is 10.1 Å². The number of ketones is 1. The first-order chi connectivity index (χ1) is 12.6. The second kappa shape index (κ2) is 8.54. The van der Waals surface area contributed by atoms with Crippen molar-refractivity contribution in [1.82, 2.24) is 10.2 Å². The van der Waals surface area contributed by atoms with E-state index in [-0.39, 0.29) is 18.0 Å². The lowest BCUT2D eigenvalue weighted by Gasteiger charge is -2.01. The lowest BCUT2D eigenvalue weighted by molar-refractivity contribution is -0.384. The summed E-state index contributed by atoms with van der Waals surface area (Å²) in [7, 11) is 0. The van der Waals surface area contributed by atoms with Gasteiger partial charge in [-0.15, -0.1) is 10.2 Å². The number of hydrogen-bond donors (Lipinski definition) is 1. The van der Waals surface area contributed by atoms with E-state index in [1.807, 2.05) is 18.2 Å². The first kappa shape index (κ1) is 18.0. The number of nitrogens with one attached hydrogen (secondary N) is 1. The number of anilines is 1. The molecule has 0 amide bonds. The zero-order chi connectivity index (χ0) is 18.4. The molecule has 3 aromatic rings. The molecule has 0 aliphatic heterocycles. The predicted octanol–water partition coefficient (Wildman–Crippen LogP) is 4.03. The Morgan fingerprint density at radius 2 is 1.85 bits per heavy atom. The van der Waals surface area contributed by atoms with Crippen molar-refractivity contribution in [2.75, 3.05) is 11.9 Å². The van der Waals surface area contributed by atoms with Gasteiger partial charge in [-0.3, -0.25) is 14.9 Å². The van der Waals surface area contributed by atoms with Crippen LogP contribution in [0.3, 0.4) is 0 Å². The third kappa shape index (κ3) is 4.87. The van der Waals surface area contributed by atoms with Crippen molar-refractivity contribution in [1.29, 1.82) is 0 Å². The number of carbonyl (C=O) groups excluding carboxylic acids is 1. The van der Waals surface area contributed by atoms with Crippen molar-refractivity contribution in [2.24, 2.45) is 0 Å². The summed E-state index contributed by atoms with van der Waals surface area (Å²) in [5.74, 6) is 0.630. The first-order valence-corrected chi connectivity index (χ1v) is 9.44. The highest BCUT2D eigenvalue weighted by molar-refractivity contribution is 8.00. The SMILES string of the molecule is O=C(CNc1nnc(SCc2ccccc2)s1)c1ccc([N+](=O)[O-])cc1. The molecule has 132 valence electrons. The number of nitrogens with zero attached hydrogens (tertiary/aromatic N) is 3. The Hall–Kier alpha value is -2.78. The third-order valence-corrected chi connectivity index (χ3v) is 5.50. The van der Waals surface area contributed by atoms with E-state index >= 15 is 0 Å². The number of nitro groups is 1. The van der Waals surface area contributed by atoms with E-state index in [1.54, 1.807) is 11.8 Å². The molecular formula is C17H14N4O3S2. The molecule has 7 nitrogen and oxygen atoms in total. The maximum absolute atomic E-state index is 12.1. The zero-order valence-electron chi connectivity index (χ0n) is 13.5. The molecular weight excluding hydrogens is 372 g/mol. The summed E-state index contributed by atoms with van der Waals surface area (Å²) in [4.78, 5) is 22.3. The summed E-state index contributed by atoms with van der Waals surface area (Å²) in [6, 6.07) is 15.6. The fourth-order valence-electron chi connectivity index (χ4n) is 2.09. The minimum Gasteiger partial charge on any atom is -0.353 e. The van der Waals surface area contributed by atoms with Crippen LogP contribution in [0.4, 0.5) is 10.8 Å². The Morgan fingerprint density at radius 3 is 2.54 bits per heavy atom. The van der Waals surface area contributed by atoms with Gasteiger partial charge in [0, 0.05) is 23.4 Å². The van der Waals surface area contributed by atoms with Crippen LogP contribution in [0.5, 0.6) is 0 Å². The maximum atomic E-state index is 12.1. The van der Waals surface area contributed by atoms with E-state index in [4.69, 9.17) is 0 Å². The number of benzene rings is 2.